The molecule has 1 N–H and O–H groups in total. The van der Waals surface area contributed by atoms with E-state index in [1.54, 1.807) is 0 Å². The molecular weight excluding hydrogens is 312 g/mol. The van der Waals surface area contributed by atoms with Crippen LogP contribution in [0.25, 0.3) is 0 Å². The van der Waals surface area contributed by atoms with E-state index >= 15 is 0 Å². The van der Waals surface area contributed by atoms with Gasteiger partial charge in [0.05, 0.1) is 17.6 Å². The lowest BCUT2D eigenvalue weighted by atomic mass is 10.1. The summed E-state index contributed by atoms with van der Waals surface area (Å²) in [6, 6.07) is 11.7. The summed E-state index contributed by atoms with van der Waals surface area (Å²) in [5.41, 5.74) is 1.43. The van der Waals surface area contributed by atoms with Crippen molar-refractivity contribution in [2.75, 3.05) is 25.6 Å². The Morgan fingerprint density at radius 2 is 2.00 bits per heavy atom. The number of aryl methyl sites for hydroxylation is 1. The summed E-state index contributed by atoms with van der Waals surface area (Å²) in [5, 5.41) is 13.9. The number of rotatable bonds is 7. The SMILES string of the molecule is COC(=O)c1cc([N+](=O)[O-])ccc1NCCOc1ccccc1C. The summed E-state index contributed by atoms with van der Waals surface area (Å²) >= 11 is 0. The van der Waals surface area contributed by atoms with Crippen LogP contribution in [0.2, 0.25) is 0 Å². The highest BCUT2D eigenvalue weighted by Gasteiger charge is 2.17. The van der Waals surface area contributed by atoms with Gasteiger partial charge in [-0.1, -0.05) is 18.2 Å². The van der Waals surface area contributed by atoms with Crippen molar-refractivity contribution in [2.45, 2.75) is 6.92 Å². The van der Waals surface area contributed by atoms with Crippen molar-refractivity contribution in [3.8, 4) is 5.75 Å². The van der Waals surface area contributed by atoms with Gasteiger partial charge in [-0.15, -0.1) is 0 Å². The van der Waals surface area contributed by atoms with E-state index in [9.17, 15) is 14.9 Å². The van der Waals surface area contributed by atoms with Crippen molar-refractivity contribution in [3.05, 3.63) is 63.7 Å². The fourth-order valence-electron chi connectivity index (χ4n) is 2.14. The second-order valence-electron chi connectivity index (χ2n) is 5.02. The Balaban J connectivity index is 2.02. The van der Waals surface area contributed by atoms with Gasteiger partial charge in [-0.25, -0.2) is 4.79 Å². The molecule has 0 spiro atoms. The van der Waals surface area contributed by atoms with Crippen molar-refractivity contribution in [2.24, 2.45) is 0 Å². The Kier molecular flexibility index (Phi) is 5.73. The normalized spacial score (nSPS) is 10.1. The fraction of sp³-hybridized carbons (Fsp3) is 0.235. The van der Waals surface area contributed by atoms with Gasteiger partial charge in [0.15, 0.2) is 0 Å². The summed E-state index contributed by atoms with van der Waals surface area (Å²) in [4.78, 5) is 22.1. The summed E-state index contributed by atoms with van der Waals surface area (Å²) in [6.07, 6.45) is 0. The molecule has 0 aliphatic rings. The largest absolute Gasteiger partial charge is 0.491 e. The van der Waals surface area contributed by atoms with Gasteiger partial charge in [0.1, 0.15) is 12.4 Å². The Morgan fingerprint density at radius 1 is 1.25 bits per heavy atom. The molecule has 0 aliphatic carbocycles. The molecule has 0 saturated heterocycles. The van der Waals surface area contributed by atoms with E-state index in [1.165, 1.54) is 25.3 Å². The molecule has 0 unspecified atom stereocenters. The molecule has 2 rings (SSSR count). The van der Waals surface area contributed by atoms with Crippen LogP contribution >= 0.6 is 0 Å². The van der Waals surface area contributed by atoms with Crippen LogP contribution in [0.3, 0.4) is 0 Å². The number of hydrogen-bond donors (Lipinski definition) is 1. The van der Waals surface area contributed by atoms with Gasteiger partial charge in [0.2, 0.25) is 0 Å². The lowest BCUT2D eigenvalue weighted by Crippen LogP contribution is -2.15. The number of anilines is 1. The summed E-state index contributed by atoms with van der Waals surface area (Å²) in [5.74, 6) is 0.150. The highest BCUT2D eigenvalue weighted by Crippen LogP contribution is 2.23. The number of methoxy groups -OCH3 is 1. The Hall–Kier alpha value is -3.09. The van der Waals surface area contributed by atoms with Crippen LogP contribution < -0.4 is 10.1 Å². The molecule has 24 heavy (non-hydrogen) atoms. The number of nitro benzene ring substituents is 1. The number of para-hydroxylation sites is 1. The number of nitro groups is 1. The maximum Gasteiger partial charge on any atom is 0.340 e. The molecule has 0 bridgehead atoms. The van der Waals surface area contributed by atoms with Gasteiger partial charge in [-0.2, -0.15) is 0 Å². The first-order valence-corrected chi connectivity index (χ1v) is 7.32. The number of nitrogens with one attached hydrogen (secondary N) is 1. The summed E-state index contributed by atoms with van der Waals surface area (Å²) < 4.78 is 10.3. The molecule has 0 aromatic heterocycles. The van der Waals surface area contributed by atoms with Crippen LogP contribution in [0.5, 0.6) is 5.75 Å². The van der Waals surface area contributed by atoms with Gasteiger partial charge in [-0.05, 0) is 24.6 Å². The van der Waals surface area contributed by atoms with Crippen LogP contribution in [0.4, 0.5) is 11.4 Å². The maximum atomic E-state index is 11.8. The van der Waals surface area contributed by atoms with E-state index < -0.39 is 10.9 Å². The van der Waals surface area contributed by atoms with Crippen molar-refractivity contribution in [3.63, 3.8) is 0 Å². The molecule has 0 aliphatic heterocycles. The number of hydrogen-bond acceptors (Lipinski definition) is 6. The van der Waals surface area contributed by atoms with E-state index in [0.717, 1.165) is 11.3 Å². The number of carbonyl (C=O) groups excluding carboxylic acids is 1. The second-order valence-corrected chi connectivity index (χ2v) is 5.02. The zero-order valence-electron chi connectivity index (χ0n) is 13.4. The third-order valence-electron chi connectivity index (χ3n) is 3.39. The highest BCUT2D eigenvalue weighted by atomic mass is 16.6. The minimum Gasteiger partial charge on any atom is -0.491 e. The average Bonchev–Trinajstić information content (AvgIpc) is 2.59. The topological polar surface area (TPSA) is 90.7 Å². The molecule has 0 saturated carbocycles. The highest BCUT2D eigenvalue weighted by molar-refractivity contribution is 5.96. The van der Waals surface area contributed by atoms with Crippen molar-refractivity contribution < 1.29 is 19.2 Å². The summed E-state index contributed by atoms with van der Waals surface area (Å²) in [6.45, 7) is 2.76. The molecule has 0 heterocycles. The molecule has 0 radical (unpaired) electrons. The third kappa shape index (κ3) is 4.22. The predicted molar refractivity (Wildman–Crippen MR) is 89.6 cm³/mol. The van der Waals surface area contributed by atoms with E-state index in [4.69, 9.17) is 4.74 Å². The lowest BCUT2D eigenvalue weighted by molar-refractivity contribution is -0.384. The van der Waals surface area contributed by atoms with E-state index in [0.29, 0.717) is 18.8 Å². The van der Waals surface area contributed by atoms with Gasteiger partial charge in [0.25, 0.3) is 5.69 Å². The minimum absolute atomic E-state index is 0.114. The zero-order valence-corrected chi connectivity index (χ0v) is 13.4. The first-order chi connectivity index (χ1) is 11.5. The number of benzene rings is 2. The predicted octanol–water partition coefficient (Wildman–Crippen LogP) is 3.18. The molecule has 0 fully saturated rings. The Morgan fingerprint density at radius 3 is 2.67 bits per heavy atom. The van der Waals surface area contributed by atoms with Crippen LogP contribution in [-0.4, -0.2) is 31.2 Å². The van der Waals surface area contributed by atoms with Gasteiger partial charge < -0.3 is 14.8 Å². The molecule has 126 valence electrons. The van der Waals surface area contributed by atoms with E-state index in [-0.39, 0.29) is 11.3 Å². The number of carbonyl (C=O) groups is 1. The molecule has 7 heteroatoms. The Labute approximate surface area is 139 Å². The third-order valence-corrected chi connectivity index (χ3v) is 3.39. The summed E-state index contributed by atoms with van der Waals surface area (Å²) in [7, 11) is 1.23. The smallest absolute Gasteiger partial charge is 0.340 e. The number of esters is 1. The molecular formula is C17H18N2O5. The standard InChI is InChI=1S/C17H18N2O5/c1-12-5-3-4-6-16(12)24-10-9-18-15-8-7-13(19(21)22)11-14(15)17(20)23-2/h3-8,11,18H,9-10H2,1-2H3. The molecule has 2 aromatic rings. The molecule has 7 nitrogen and oxygen atoms in total. The number of non-ortho nitro benzene ring substituents is 1. The lowest BCUT2D eigenvalue weighted by Gasteiger charge is -2.12. The van der Waals surface area contributed by atoms with Crippen LogP contribution in [0.1, 0.15) is 15.9 Å². The van der Waals surface area contributed by atoms with Gasteiger partial charge >= 0.3 is 5.97 Å². The van der Waals surface area contributed by atoms with Crippen LogP contribution in [0, 0.1) is 17.0 Å². The van der Waals surface area contributed by atoms with Crippen molar-refractivity contribution >= 4 is 17.3 Å². The quantitative estimate of drug-likeness (QED) is 0.363. The molecule has 0 atom stereocenters. The first kappa shape index (κ1) is 17.3. The average molecular weight is 330 g/mol. The monoisotopic (exact) mass is 330 g/mol. The number of nitrogens with zero attached hydrogens (tertiary/aromatic N) is 1. The first-order valence-electron chi connectivity index (χ1n) is 7.32. The minimum atomic E-state index is -0.638. The maximum absolute atomic E-state index is 11.8. The Bertz CT molecular complexity index is 746. The van der Waals surface area contributed by atoms with Gasteiger partial charge in [0, 0.05) is 24.4 Å². The van der Waals surface area contributed by atoms with Crippen LogP contribution in [0.15, 0.2) is 42.5 Å². The zero-order chi connectivity index (χ0) is 17.5. The van der Waals surface area contributed by atoms with Crippen molar-refractivity contribution in [1.82, 2.24) is 0 Å². The van der Waals surface area contributed by atoms with E-state index in [2.05, 4.69) is 10.1 Å². The van der Waals surface area contributed by atoms with Crippen molar-refractivity contribution in [1.29, 1.82) is 0 Å². The fourth-order valence-corrected chi connectivity index (χ4v) is 2.14. The number of ether oxygens (including phenoxy) is 2. The van der Waals surface area contributed by atoms with Gasteiger partial charge in [-0.3, -0.25) is 10.1 Å². The van der Waals surface area contributed by atoms with Crippen LogP contribution in [-0.2, 0) is 4.74 Å². The van der Waals surface area contributed by atoms with E-state index in [1.807, 2.05) is 31.2 Å². The second kappa shape index (κ2) is 7.96. The molecule has 2 aromatic carbocycles. The molecule has 0 amide bonds.